The smallest absolute Gasteiger partial charge is 0.178 e. The zero-order valence-corrected chi connectivity index (χ0v) is 12.3. The number of nitrogens with two attached hydrogens (primary N) is 1. The number of hydrogen-bond donors (Lipinski definition) is 1. The molecule has 0 saturated heterocycles. The monoisotopic (exact) mass is 304 g/mol. The number of thiophene rings is 1. The van der Waals surface area contributed by atoms with Crippen molar-refractivity contribution in [2.75, 3.05) is 12.0 Å². The second kappa shape index (κ2) is 4.57. The molecule has 0 aliphatic carbocycles. The first kappa shape index (κ1) is 13.1. The highest BCUT2D eigenvalue weighted by Gasteiger charge is 2.17. The number of nitrogens with zero attached hydrogens (tertiary/aromatic N) is 1. The van der Waals surface area contributed by atoms with Crippen LogP contribution in [0.5, 0.6) is 0 Å². The summed E-state index contributed by atoms with van der Waals surface area (Å²) in [7, 11) is -3.32. The van der Waals surface area contributed by atoms with Gasteiger partial charge in [-0.2, -0.15) is 0 Å². The molecule has 0 bridgehead atoms. The van der Waals surface area contributed by atoms with Crippen molar-refractivity contribution in [1.82, 2.24) is 4.98 Å². The summed E-state index contributed by atoms with van der Waals surface area (Å²) in [5, 5.41) is 0.691. The molecule has 2 aromatic heterocycles. The van der Waals surface area contributed by atoms with Crippen LogP contribution in [0.2, 0.25) is 0 Å². The fraction of sp³-hybridized carbons (Fsp3) is 0.0714. The summed E-state index contributed by atoms with van der Waals surface area (Å²) in [4.78, 5) is 5.19. The summed E-state index contributed by atoms with van der Waals surface area (Å²) in [6, 6.07) is 11.7. The fourth-order valence-corrected chi connectivity index (χ4v) is 4.38. The van der Waals surface area contributed by atoms with Gasteiger partial charge in [-0.25, -0.2) is 13.4 Å². The van der Waals surface area contributed by atoms with Gasteiger partial charge in [0.1, 0.15) is 10.7 Å². The topological polar surface area (TPSA) is 73.0 Å². The van der Waals surface area contributed by atoms with Crippen LogP contribution < -0.4 is 5.73 Å². The van der Waals surface area contributed by atoms with Gasteiger partial charge in [-0.05, 0) is 11.6 Å². The Bertz CT molecular complexity index is 884. The van der Waals surface area contributed by atoms with E-state index < -0.39 is 9.84 Å². The largest absolute Gasteiger partial charge is 0.383 e. The number of aromatic nitrogens is 1. The lowest BCUT2D eigenvalue weighted by atomic mass is 10.2. The predicted molar refractivity (Wildman–Crippen MR) is 82.6 cm³/mol. The van der Waals surface area contributed by atoms with Crippen LogP contribution in [0, 0.1) is 0 Å². The van der Waals surface area contributed by atoms with Crippen molar-refractivity contribution in [2.24, 2.45) is 0 Å². The van der Waals surface area contributed by atoms with Crippen LogP contribution in [0.1, 0.15) is 0 Å². The molecule has 0 unspecified atom stereocenters. The van der Waals surface area contributed by atoms with Crippen LogP contribution in [-0.2, 0) is 9.84 Å². The van der Waals surface area contributed by atoms with Crippen LogP contribution in [0.25, 0.3) is 20.5 Å². The zero-order chi connectivity index (χ0) is 14.3. The lowest BCUT2D eigenvalue weighted by Crippen LogP contribution is -2.00. The molecule has 0 atom stereocenters. The van der Waals surface area contributed by atoms with Crippen molar-refractivity contribution in [3.63, 3.8) is 0 Å². The molecule has 2 heterocycles. The molecule has 0 fully saturated rings. The van der Waals surface area contributed by atoms with Gasteiger partial charge in [-0.3, -0.25) is 0 Å². The normalized spacial score (nSPS) is 11.8. The van der Waals surface area contributed by atoms with Gasteiger partial charge < -0.3 is 5.73 Å². The summed E-state index contributed by atoms with van der Waals surface area (Å²) in [6.07, 6.45) is 2.51. The lowest BCUT2D eigenvalue weighted by Gasteiger charge is -2.01. The van der Waals surface area contributed by atoms with Crippen molar-refractivity contribution in [3.05, 3.63) is 42.6 Å². The Morgan fingerprint density at radius 3 is 2.55 bits per heavy atom. The van der Waals surface area contributed by atoms with Gasteiger partial charge in [-0.1, -0.05) is 30.3 Å². The van der Waals surface area contributed by atoms with E-state index in [9.17, 15) is 8.42 Å². The highest BCUT2D eigenvalue weighted by atomic mass is 32.2. The summed E-state index contributed by atoms with van der Waals surface area (Å²) >= 11 is 1.42. The first-order valence-electron chi connectivity index (χ1n) is 5.90. The van der Waals surface area contributed by atoms with Crippen molar-refractivity contribution in [3.8, 4) is 10.4 Å². The van der Waals surface area contributed by atoms with Crippen molar-refractivity contribution >= 4 is 37.1 Å². The van der Waals surface area contributed by atoms with Crippen molar-refractivity contribution in [2.45, 2.75) is 4.90 Å². The summed E-state index contributed by atoms with van der Waals surface area (Å²) in [6.45, 7) is 0. The van der Waals surface area contributed by atoms with E-state index in [4.69, 9.17) is 5.73 Å². The van der Waals surface area contributed by atoms with Crippen LogP contribution in [0.3, 0.4) is 0 Å². The number of fused-ring (bicyclic) bond motifs is 1. The summed E-state index contributed by atoms with van der Waals surface area (Å²) in [5.74, 6) is 0.353. The Hall–Kier alpha value is -1.92. The second-order valence-corrected chi connectivity index (χ2v) is 7.54. The van der Waals surface area contributed by atoms with Gasteiger partial charge in [0.2, 0.25) is 0 Å². The molecule has 2 N–H and O–H groups in total. The quantitative estimate of drug-likeness (QED) is 0.790. The third-order valence-corrected chi connectivity index (χ3v) is 5.47. The number of rotatable bonds is 2. The lowest BCUT2D eigenvalue weighted by molar-refractivity contribution is 0.602. The molecule has 6 heteroatoms. The van der Waals surface area contributed by atoms with Gasteiger partial charge in [0.25, 0.3) is 0 Å². The average Bonchev–Trinajstić information content (AvgIpc) is 2.84. The van der Waals surface area contributed by atoms with Gasteiger partial charge in [-0.15, -0.1) is 11.3 Å². The minimum atomic E-state index is -3.32. The fourth-order valence-electron chi connectivity index (χ4n) is 2.03. The van der Waals surface area contributed by atoms with Crippen molar-refractivity contribution < 1.29 is 8.42 Å². The SMILES string of the molecule is CS(=O)(=O)c1cnc(N)c2cc(-c3ccccc3)sc12. The Balaban J connectivity index is 2.33. The van der Waals surface area contributed by atoms with Crippen molar-refractivity contribution in [1.29, 1.82) is 0 Å². The van der Waals surface area contributed by atoms with E-state index in [-0.39, 0.29) is 4.90 Å². The minimum absolute atomic E-state index is 0.230. The molecule has 0 aliphatic rings. The van der Waals surface area contributed by atoms with E-state index >= 15 is 0 Å². The van der Waals surface area contributed by atoms with Crippen LogP contribution in [0.4, 0.5) is 5.82 Å². The third kappa shape index (κ3) is 2.17. The van der Waals surface area contributed by atoms with Gasteiger partial charge in [0.05, 0.1) is 4.70 Å². The Morgan fingerprint density at radius 2 is 1.90 bits per heavy atom. The minimum Gasteiger partial charge on any atom is -0.383 e. The average molecular weight is 304 g/mol. The molecule has 4 nitrogen and oxygen atoms in total. The molecule has 0 saturated carbocycles. The number of hydrogen-bond acceptors (Lipinski definition) is 5. The van der Waals surface area contributed by atoms with Crippen LogP contribution in [0.15, 0.2) is 47.5 Å². The highest BCUT2D eigenvalue weighted by Crippen LogP contribution is 2.38. The molecule has 0 amide bonds. The number of pyridine rings is 1. The van der Waals surface area contributed by atoms with Gasteiger partial charge in [0.15, 0.2) is 9.84 Å². The summed E-state index contributed by atoms with van der Waals surface area (Å²) < 4.78 is 24.3. The Morgan fingerprint density at radius 1 is 1.20 bits per heavy atom. The molecular weight excluding hydrogens is 292 g/mol. The van der Waals surface area contributed by atoms with Gasteiger partial charge >= 0.3 is 0 Å². The molecule has 0 radical (unpaired) electrons. The number of nitrogen functional groups attached to an aromatic ring is 1. The Labute approximate surface area is 120 Å². The third-order valence-electron chi connectivity index (χ3n) is 3.01. The maximum atomic E-state index is 11.8. The maximum Gasteiger partial charge on any atom is 0.178 e. The van der Waals surface area contributed by atoms with E-state index in [2.05, 4.69) is 4.98 Å². The van der Waals surface area contributed by atoms with E-state index in [0.29, 0.717) is 15.9 Å². The number of benzene rings is 1. The highest BCUT2D eigenvalue weighted by molar-refractivity contribution is 7.91. The molecule has 0 aliphatic heterocycles. The second-order valence-electron chi connectivity index (χ2n) is 4.50. The zero-order valence-electron chi connectivity index (χ0n) is 10.7. The molecule has 102 valence electrons. The molecule has 20 heavy (non-hydrogen) atoms. The number of sulfone groups is 1. The van der Waals surface area contributed by atoms with E-state index in [0.717, 1.165) is 10.4 Å². The van der Waals surface area contributed by atoms with E-state index in [1.807, 2.05) is 36.4 Å². The molecule has 1 aromatic carbocycles. The van der Waals surface area contributed by atoms with E-state index in [1.54, 1.807) is 0 Å². The number of anilines is 1. The maximum absolute atomic E-state index is 11.8. The van der Waals surface area contributed by atoms with Gasteiger partial charge in [0, 0.05) is 22.7 Å². The van der Waals surface area contributed by atoms with E-state index in [1.165, 1.54) is 23.8 Å². The predicted octanol–water partition coefficient (Wildman–Crippen LogP) is 2.95. The summed E-state index contributed by atoms with van der Waals surface area (Å²) in [5.41, 5.74) is 6.90. The first-order chi connectivity index (χ1) is 9.47. The molecule has 3 rings (SSSR count). The molecule has 3 aromatic rings. The van der Waals surface area contributed by atoms with Crippen LogP contribution >= 0.6 is 11.3 Å². The standard InChI is InChI=1S/C14H12N2O2S2/c1-20(17,18)12-8-16-14(15)10-7-11(19-13(10)12)9-5-3-2-4-6-9/h2-8H,1H3,(H2,15,16). The Kier molecular flexibility index (Phi) is 2.99. The first-order valence-corrected chi connectivity index (χ1v) is 8.61. The van der Waals surface area contributed by atoms with Crippen LogP contribution in [-0.4, -0.2) is 19.7 Å². The molecule has 0 spiro atoms. The molecular formula is C14H12N2O2S2.